The molecule has 2 aromatic rings. The van der Waals surface area contributed by atoms with Crippen LogP contribution in [-0.2, 0) is 0 Å². The molecule has 2 rings (SSSR count). The molecular formula is C9H8N2O3. The molecule has 0 unspecified atom stereocenters. The van der Waals surface area contributed by atoms with Gasteiger partial charge in [0.15, 0.2) is 0 Å². The van der Waals surface area contributed by atoms with Gasteiger partial charge in [0.05, 0.1) is 18.1 Å². The second-order valence-electron chi connectivity index (χ2n) is 2.77. The average Bonchev–Trinajstić information content (AvgIpc) is 2.64. The third-order valence-electron chi connectivity index (χ3n) is 2.01. The lowest BCUT2D eigenvalue weighted by Gasteiger charge is -2.01. The van der Waals surface area contributed by atoms with Crippen LogP contribution in [0.25, 0.3) is 10.9 Å². The Labute approximate surface area is 79.3 Å². The van der Waals surface area contributed by atoms with E-state index < -0.39 is 5.97 Å². The third kappa shape index (κ3) is 1.10. The van der Waals surface area contributed by atoms with Crippen molar-refractivity contribution in [1.29, 1.82) is 0 Å². The van der Waals surface area contributed by atoms with Gasteiger partial charge in [-0.25, -0.2) is 4.79 Å². The second kappa shape index (κ2) is 3.02. The molecule has 0 saturated carbocycles. The van der Waals surface area contributed by atoms with Crippen LogP contribution in [0, 0.1) is 0 Å². The summed E-state index contributed by atoms with van der Waals surface area (Å²) in [5.41, 5.74) is 0.582. The van der Waals surface area contributed by atoms with E-state index in [9.17, 15) is 4.79 Å². The quantitative estimate of drug-likeness (QED) is 0.751. The average molecular weight is 192 g/mol. The Hall–Kier alpha value is -2.04. The number of ether oxygens (including phenoxy) is 1. The van der Waals surface area contributed by atoms with Gasteiger partial charge in [-0.15, -0.1) is 0 Å². The molecule has 72 valence electrons. The third-order valence-corrected chi connectivity index (χ3v) is 2.01. The Balaban J connectivity index is 2.78. The van der Waals surface area contributed by atoms with E-state index in [0.717, 1.165) is 0 Å². The molecule has 0 bridgehead atoms. The Bertz CT molecular complexity index is 490. The molecule has 0 aliphatic rings. The Morgan fingerprint density at radius 2 is 2.36 bits per heavy atom. The van der Waals surface area contributed by atoms with E-state index >= 15 is 0 Å². The van der Waals surface area contributed by atoms with Gasteiger partial charge in [0, 0.05) is 6.20 Å². The second-order valence-corrected chi connectivity index (χ2v) is 2.77. The first-order chi connectivity index (χ1) is 6.74. The molecule has 1 heterocycles. The van der Waals surface area contributed by atoms with Crippen LogP contribution in [0.1, 0.15) is 10.4 Å². The predicted octanol–water partition coefficient (Wildman–Crippen LogP) is 1.27. The van der Waals surface area contributed by atoms with Gasteiger partial charge >= 0.3 is 5.97 Å². The minimum Gasteiger partial charge on any atom is -0.496 e. The van der Waals surface area contributed by atoms with Crippen molar-refractivity contribution in [3.8, 4) is 5.75 Å². The SMILES string of the molecule is COc1ccc(C(=O)O)c2n[nH]cc12. The number of methoxy groups -OCH3 is 1. The summed E-state index contributed by atoms with van der Waals surface area (Å²) < 4.78 is 5.07. The number of rotatable bonds is 2. The summed E-state index contributed by atoms with van der Waals surface area (Å²) in [4.78, 5) is 10.8. The number of carboxylic acid groups (broad SMARTS) is 1. The molecule has 0 atom stereocenters. The lowest BCUT2D eigenvalue weighted by Crippen LogP contribution is -1.98. The van der Waals surface area contributed by atoms with Gasteiger partial charge in [-0.05, 0) is 12.1 Å². The van der Waals surface area contributed by atoms with Crippen LogP contribution >= 0.6 is 0 Å². The van der Waals surface area contributed by atoms with E-state index in [4.69, 9.17) is 9.84 Å². The molecule has 0 amide bonds. The zero-order valence-corrected chi connectivity index (χ0v) is 7.44. The summed E-state index contributed by atoms with van der Waals surface area (Å²) in [7, 11) is 1.53. The number of nitrogens with zero attached hydrogens (tertiary/aromatic N) is 1. The van der Waals surface area contributed by atoms with Crippen molar-refractivity contribution < 1.29 is 14.6 Å². The number of aromatic amines is 1. The van der Waals surface area contributed by atoms with Crippen LogP contribution in [0.3, 0.4) is 0 Å². The largest absolute Gasteiger partial charge is 0.496 e. The van der Waals surface area contributed by atoms with Gasteiger partial charge in [0.1, 0.15) is 11.3 Å². The monoisotopic (exact) mass is 192 g/mol. The van der Waals surface area contributed by atoms with Crippen molar-refractivity contribution in [1.82, 2.24) is 10.2 Å². The van der Waals surface area contributed by atoms with E-state index in [1.165, 1.54) is 13.2 Å². The van der Waals surface area contributed by atoms with Gasteiger partial charge in [-0.3, -0.25) is 5.10 Å². The van der Waals surface area contributed by atoms with Crippen LogP contribution in [0.5, 0.6) is 5.75 Å². The lowest BCUT2D eigenvalue weighted by molar-refractivity contribution is 0.0699. The highest BCUT2D eigenvalue weighted by Gasteiger charge is 2.13. The molecule has 1 aromatic carbocycles. The molecule has 0 radical (unpaired) electrons. The van der Waals surface area contributed by atoms with Crippen LogP contribution in [-0.4, -0.2) is 28.4 Å². The first-order valence-electron chi connectivity index (χ1n) is 3.98. The standard InChI is InChI=1S/C9H8N2O3/c1-14-7-3-2-5(9(12)13)8-6(7)4-10-11-8/h2-4H,1H3,(H,10,11)(H,12,13). The number of fused-ring (bicyclic) bond motifs is 1. The van der Waals surface area contributed by atoms with E-state index in [1.807, 2.05) is 0 Å². The minimum absolute atomic E-state index is 0.169. The molecule has 5 heteroatoms. The number of aromatic carboxylic acids is 1. The smallest absolute Gasteiger partial charge is 0.337 e. The zero-order chi connectivity index (χ0) is 10.1. The zero-order valence-electron chi connectivity index (χ0n) is 7.44. The lowest BCUT2D eigenvalue weighted by atomic mass is 10.1. The first-order valence-corrected chi connectivity index (χ1v) is 3.98. The summed E-state index contributed by atoms with van der Waals surface area (Å²) in [5.74, 6) is -0.386. The van der Waals surface area contributed by atoms with E-state index in [2.05, 4.69) is 10.2 Å². The number of H-pyrrole nitrogens is 1. The van der Waals surface area contributed by atoms with Crippen LogP contribution < -0.4 is 4.74 Å². The van der Waals surface area contributed by atoms with E-state index in [1.54, 1.807) is 12.3 Å². The fourth-order valence-electron chi connectivity index (χ4n) is 1.36. The minimum atomic E-state index is -0.996. The number of nitrogens with one attached hydrogen (secondary N) is 1. The summed E-state index contributed by atoms with van der Waals surface area (Å²) in [6.45, 7) is 0. The summed E-state index contributed by atoms with van der Waals surface area (Å²) in [6.07, 6.45) is 1.61. The van der Waals surface area contributed by atoms with Gasteiger partial charge < -0.3 is 9.84 Å². The fraction of sp³-hybridized carbons (Fsp3) is 0.111. The van der Waals surface area contributed by atoms with Crippen molar-refractivity contribution >= 4 is 16.9 Å². The summed E-state index contributed by atoms with van der Waals surface area (Å²) in [6, 6.07) is 3.09. The Morgan fingerprint density at radius 3 is 3.00 bits per heavy atom. The number of hydrogen-bond donors (Lipinski definition) is 2. The highest BCUT2D eigenvalue weighted by atomic mass is 16.5. The van der Waals surface area contributed by atoms with Gasteiger partial charge in [0.2, 0.25) is 0 Å². The summed E-state index contributed by atoms with van der Waals surface area (Å²) >= 11 is 0. The number of carbonyl (C=O) groups is 1. The number of aromatic nitrogens is 2. The van der Waals surface area contributed by atoms with E-state index in [-0.39, 0.29) is 5.56 Å². The van der Waals surface area contributed by atoms with Crippen molar-refractivity contribution in [3.63, 3.8) is 0 Å². The first kappa shape index (κ1) is 8.55. The molecule has 0 aliphatic carbocycles. The fourth-order valence-corrected chi connectivity index (χ4v) is 1.36. The molecule has 1 aromatic heterocycles. The van der Waals surface area contributed by atoms with Crippen LogP contribution in [0.4, 0.5) is 0 Å². The van der Waals surface area contributed by atoms with E-state index in [0.29, 0.717) is 16.7 Å². The normalized spacial score (nSPS) is 10.4. The highest BCUT2D eigenvalue weighted by Crippen LogP contribution is 2.26. The van der Waals surface area contributed by atoms with Gasteiger partial charge in [-0.2, -0.15) is 5.10 Å². The van der Waals surface area contributed by atoms with Crippen LogP contribution in [0.2, 0.25) is 0 Å². The topological polar surface area (TPSA) is 75.2 Å². The summed E-state index contributed by atoms with van der Waals surface area (Å²) in [5, 5.41) is 16.0. The molecule has 0 aliphatic heterocycles. The number of benzene rings is 1. The van der Waals surface area contributed by atoms with Crippen molar-refractivity contribution in [2.75, 3.05) is 7.11 Å². The highest BCUT2D eigenvalue weighted by molar-refractivity contribution is 6.03. The molecule has 14 heavy (non-hydrogen) atoms. The van der Waals surface area contributed by atoms with Gasteiger partial charge in [-0.1, -0.05) is 0 Å². The van der Waals surface area contributed by atoms with Gasteiger partial charge in [0.25, 0.3) is 0 Å². The Morgan fingerprint density at radius 1 is 1.57 bits per heavy atom. The molecule has 0 spiro atoms. The van der Waals surface area contributed by atoms with Crippen molar-refractivity contribution in [3.05, 3.63) is 23.9 Å². The molecule has 0 fully saturated rings. The molecule has 2 N–H and O–H groups in total. The Kier molecular flexibility index (Phi) is 1.85. The van der Waals surface area contributed by atoms with Crippen molar-refractivity contribution in [2.24, 2.45) is 0 Å². The van der Waals surface area contributed by atoms with Crippen molar-refractivity contribution in [2.45, 2.75) is 0 Å². The van der Waals surface area contributed by atoms with Crippen LogP contribution in [0.15, 0.2) is 18.3 Å². The molecule has 5 nitrogen and oxygen atoms in total. The number of hydrogen-bond acceptors (Lipinski definition) is 3. The molecule has 0 saturated heterocycles. The molecular weight excluding hydrogens is 184 g/mol. The maximum Gasteiger partial charge on any atom is 0.337 e. The predicted molar refractivity (Wildman–Crippen MR) is 49.6 cm³/mol. The maximum absolute atomic E-state index is 10.8. The maximum atomic E-state index is 10.8. The number of carboxylic acids is 1.